The van der Waals surface area contributed by atoms with Crippen LogP contribution in [0.1, 0.15) is 30.5 Å². The Hall–Kier alpha value is -0.930. The van der Waals surface area contributed by atoms with Crippen molar-refractivity contribution in [2.24, 2.45) is 0 Å². The summed E-state index contributed by atoms with van der Waals surface area (Å²) in [5.74, 6) is 0. The summed E-state index contributed by atoms with van der Waals surface area (Å²) in [5, 5.41) is 3.30. The van der Waals surface area contributed by atoms with Crippen LogP contribution in [0.4, 0.5) is 0 Å². The predicted molar refractivity (Wildman–Crippen MR) is 70.9 cm³/mol. The molecule has 0 radical (unpaired) electrons. The number of nitrogens with zero attached hydrogens (tertiary/aromatic N) is 2. The van der Waals surface area contributed by atoms with E-state index in [9.17, 15) is 0 Å². The Bertz CT molecular complexity index is 332. The molecule has 1 aliphatic rings. The highest BCUT2D eigenvalue weighted by atomic mass is 15.2. The van der Waals surface area contributed by atoms with Crippen LogP contribution in [0.3, 0.4) is 0 Å². The quantitative estimate of drug-likeness (QED) is 0.861. The molecule has 3 heteroatoms. The molecule has 1 fully saturated rings. The molecule has 0 bridgehead atoms. The van der Waals surface area contributed by atoms with Crippen molar-refractivity contribution in [3.8, 4) is 0 Å². The van der Waals surface area contributed by atoms with E-state index in [1.54, 1.807) is 0 Å². The van der Waals surface area contributed by atoms with Gasteiger partial charge in [-0.15, -0.1) is 0 Å². The van der Waals surface area contributed by atoms with Crippen molar-refractivity contribution >= 4 is 0 Å². The number of nitrogens with one attached hydrogen (secondary N) is 1. The molecule has 94 valence electrons. The van der Waals surface area contributed by atoms with Crippen molar-refractivity contribution < 1.29 is 0 Å². The van der Waals surface area contributed by atoms with E-state index in [0.29, 0.717) is 6.04 Å². The minimum Gasteiger partial charge on any atom is -0.318 e. The number of aromatic nitrogens is 1. The molecular formula is C14H23N3. The van der Waals surface area contributed by atoms with Gasteiger partial charge >= 0.3 is 0 Å². The lowest BCUT2D eigenvalue weighted by atomic mass is 10.0. The van der Waals surface area contributed by atoms with Gasteiger partial charge in [0, 0.05) is 25.3 Å². The molecule has 0 saturated carbocycles. The van der Waals surface area contributed by atoms with Gasteiger partial charge in [0.15, 0.2) is 0 Å². The number of pyridine rings is 1. The lowest BCUT2D eigenvalue weighted by Gasteiger charge is -2.35. The molecule has 1 atom stereocenters. The van der Waals surface area contributed by atoms with Crippen molar-refractivity contribution in [1.82, 2.24) is 15.2 Å². The molecule has 1 unspecified atom stereocenters. The number of hydrogen-bond donors (Lipinski definition) is 1. The Morgan fingerprint density at radius 2 is 2.29 bits per heavy atom. The second-order valence-electron chi connectivity index (χ2n) is 5.00. The van der Waals surface area contributed by atoms with Crippen molar-refractivity contribution in [3.05, 3.63) is 29.6 Å². The van der Waals surface area contributed by atoms with Crippen LogP contribution in [0.15, 0.2) is 18.3 Å². The lowest BCUT2D eigenvalue weighted by Crippen LogP contribution is -2.44. The van der Waals surface area contributed by atoms with E-state index in [2.05, 4.69) is 34.3 Å². The van der Waals surface area contributed by atoms with Crippen LogP contribution in [0.5, 0.6) is 0 Å². The molecule has 3 nitrogen and oxygen atoms in total. The minimum atomic E-state index is 0.678. The molecule has 0 spiro atoms. The first-order valence-corrected chi connectivity index (χ1v) is 6.60. The highest BCUT2D eigenvalue weighted by Gasteiger charge is 2.21. The first-order chi connectivity index (χ1) is 8.29. The van der Waals surface area contributed by atoms with Crippen LogP contribution in [-0.2, 0) is 6.54 Å². The first kappa shape index (κ1) is 12.5. The summed E-state index contributed by atoms with van der Waals surface area (Å²) in [6, 6.07) is 4.98. The van der Waals surface area contributed by atoms with Crippen LogP contribution in [-0.4, -0.2) is 36.1 Å². The average molecular weight is 233 g/mol. The number of rotatable bonds is 4. The maximum atomic E-state index is 4.50. The zero-order valence-corrected chi connectivity index (χ0v) is 10.9. The summed E-state index contributed by atoms with van der Waals surface area (Å²) in [7, 11) is 2.04. The van der Waals surface area contributed by atoms with E-state index in [-0.39, 0.29) is 0 Å². The molecule has 17 heavy (non-hydrogen) atoms. The van der Waals surface area contributed by atoms with Gasteiger partial charge in [-0.2, -0.15) is 0 Å². The summed E-state index contributed by atoms with van der Waals surface area (Å²) in [5.41, 5.74) is 2.43. The van der Waals surface area contributed by atoms with Crippen molar-refractivity contribution in [1.29, 1.82) is 0 Å². The predicted octanol–water partition coefficient (Wildman–Crippen LogP) is 1.96. The number of likely N-dealkylation sites (N-methyl/N-ethyl adjacent to an activating group) is 1. The van der Waals surface area contributed by atoms with E-state index in [1.165, 1.54) is 37.1 Å². The summed E-state index contributed by atoms with van der Waals surface area (Å²) < 4.78 is 0. The summed E-state index contributed by atoms with van der Waals surface area (Å²) >= 11 is 0. The molecule has 2 rings (SSSR count). The van der Waals surface area contributed by atoms with E-state index in [1.807, 2.05) is 13.2 Å². The number of aryl methyl sites for hydroxylation is 1. The van der Waals surface area contributed by atoms with Crippen LogP contribution in [0.25, 0.3) is 0 Å². The molecule has 1 N–H and O–H groups in total. The molecule has 1 aliphatic heterocycles. The summed E-state index contributed by atoms with van der Waals surface area (Å²) in [4.78, 5) is 7.07. The van der Waals surface area contributed by atoms with Gasteiger partial charge in [0.1, 0.15) is 0 Å². The monoisotopic (exact) mass is 233 g/mol. The smallest absolute Gasteiger partial charge is 0.0544 e. The fourth-order valence-electron chi connectivity index (χ4n) is 2.53. The van der Waals surface area contributed by atoms with Crippen LogP contribution in [0.2, 0.25) is 0 Å². The molecule has 0 aliphatic carbocycles. The fraction of sp³-hybridized carbons (Fsp3) is 0.643. The zero-order valence-electron chi connectivity index (χ0n) is 10.9. The summed E-state index contributed by atoms with van der Waals surface area (Å²) in [6.45, 7) is 5.38. The number of hydrogen-bond acceptors (Lipinski definition) is 3. The summed E-state index contributed by atoms with van der Waals surface area (Å²) in [6.07, 6.45) is 5.97. The molecule has 1 aromatic heterocycles. The van der Waals surface area contributed by atoms with E-state index in [4.69, 9.17) is 0 Å². The van der Waals surface area contributed by atoms with Gasteiger partial charge in [-0.05, 0) is 45.0 Å². The third kappa shape index (κ3) is 3.51. The van der Waals surface area contributed by atoms with Crippen LogP contribution < -0.4 is 5.32 Å². The van der Waals surface area contributed by atoms with Gasteiger partial charge in [-0.1, -0.05) is 12.5 Å². The maximum absolute atomic E-state index is 4.50. The Morgan fingerprint density at radius 3 is 3.00 bits per heavy atom. The maximum Gasteiger partial charge on any atom is 0.0544 e. The number of likely N-dealkylation sites (tertiary alicyclic amines) is 1. The normalized spacial score (nSPS) is 21.6. The van der Waals surface area contributed by atoms with Gasteiger partial charge in [0.25, 0.3) is 0 Å². The third-order valence-corrected chi connectivity index (χ3v) is 3.53. The lowest BCUT2D eigenvalue weighted by molar-refractivity contribution is 0.137. The Balaban J connectivity index is 1.97. The van der Waals surface area contributed by atoms with E-state index in [0.717, 1.165) is 13.1 Å². The van der Waals surface area contributed by atoms with Gasteiger partial charge in [0.05, 0.1) is 5.69 Å². The molecule has 1 saturated heterocycles. The minimum absolute atomic E-state index is 0.678. The van der Waals surface area contributed by atoms with Crippen molar-refractivity contribution in [3.63, 3.8) is 0 Å². The Labute approximate surface area is 104 Å². The van der Waals surface area contributed by atoms with E-state index < -0.39 is 0 Å². The molecule has 1 aromatic rings. The highest BCUT2D eigenvalue weighted by molar-refractivity contribution is 5.12. The van der Waals surface area contributed by atoms with Gasteiger partial charge < -0.3 is 5.32 Å². The Morgan fingerprint density at radius 1 is 1.41 bits per heavy atom. The van der Waals surface area contributed by atoms with Crippen LogP contribution in [0, 0.1) is 6.92 Å². The topological polar surface area (TPSA) is 28.2 Å². The van der Waals surface area contributed by atoms with E-state index >= 15 is 0 Å². The van der Waals surface area contributed by atoms with Gasteiger partial charge in [0.2, 0.25) is 0 Å². The highest BCUT2D eigenvalue weighted by Crippen LogP contribution is 2.18. The number of piperidine rings is 1. The SMILES string of the molecule is CNCC1CCCCN1Cc1ccc(C)cn1. The Kier molecular flexibility index (Phi) is 4.51. The van der Waals surface area contributed by atoms with Gasteiger partial charge in [-0.25, -0.2) is 0 Å². The molecule has 0 amide bonds. The fourth-order valence-corrected chi connectivity index (χ4v) is 2.53. The molecule has 2 heterocycles. The largest absolute Gasteiger partial charge is 0.318 e. The molecular weight excluding hydrogens is 210 g/mol. The van der Waals surface area contributed by atoms with Crippen molar-refractivity contribution in [2.75, 3.05) is 20.1 Å². The molecule has 0 aromatic carbocycles. The third-order valence-electron chi connectivity index (χ3n) is 3.53. The zero-order chi connectivity index (χ0) is 12.1. The van der Waals surface area contributed by atoms with Gasteiger partial charge in [-0.3, -0.25) is 9.88 Å². The van der Waals surface area contributed by atoms with Crippen LogP contribution >= 0.6 is 0 Å². The second kappa shape index (κ2) is 6.12. The van der Waals surface area contributed by atoms with Crippen molar-refractivity contribution in [2.45, 2.75) is 38.8 Å². The average Bonchev–Trinajstić information content (AvgIpc) is 2.35. The first-order valence-electron chi connectivity index (χ1n) is 6.60. The second-order valence-corrected chi connectivity index (χ2v) is 5.00. The standard InChI is InChI=1S/C14H23N3/c1-12-6-7-13(16-9-12)11-17-8-4-3-5-14(17)10-15-2/h6-7,9,14-15H,3-5,8,10-11H2,1-2H3.